The first-order valence-electron chi connectivity index (χ1n) is 8.71. The molecular formula is C20H21ClN2O3S. The highest BCUT2D eigenvalue weighted by Crippen LogP contribution is 2.44. The van der Waals surface area contributed by atoms with Gasteiger partial charge in [0.2, 0.25) is 11.8 Å². The van der Waals surface area contributed by atoms with Crippen LogP contribution in [0.1, 0.15) is 24.8 Å². The SMILES string of the molecule is CCOc1ccccc1N1C(=O)CS[C@@H]1c1ccc(NC(=O)[C@H](C)Cl)cc1. The summed E-state index contributed by atoms with van der Waals surface area (Å²) in [5.74, 6) is 0.904. The number of benzene rings is 2. The molecule has 1 heterocycles. The Kier molecular flexibility index (Phi) is 6.29. The van der Waals surface area contributed by atoms with Crippen LogP contribution in [0.4, 0.5) is 11.4 Å². The number of anilines is 2. The second kappa shape index (κ2) is 8.67. The van der Waals surface area contributed by atoms with Crippen LogP contribution in [0.2, 0.25) is 0 Å². The topological polar surface area (TPSA) is 58.6 Å². The summed E-state index contributed by atoms with van der Waals surface area (Å²) >= 11 is 7.36. The minimum Gasteiger partial charge on any atom is -0.492 e. The van der Waals surface area contributed by atoms with E-state index in [1.807, 2.05) is 55.5 Å². The molecule has 0 bridgehead atoms. The minimum absolute atomic E-state index is 0.0468. The fraction of sp³-hybridized carbons (Fsp3) is 0.300. The zero-order valence-corrected chi connectivity index (χ0v) is 16.7. The van der Waals surface area contributed by atoms with Crippen molar-refractivity contribution in [1.82, 2.24) is 0 Å². The quantitative estimate of drug-likeness (QED) is 0.723. The normalized spacial score (nSPS) is 17.7. The van der Waals surface area contributed by atoms with Crippen molar-refractivity contribution in [2.24, 2.45) is 0 Å². The average molecular weight is 405 g/mol. The Labute approximate surface area is 168 Å². The first-order chi connectivity index (χ1) is 13.0. The van der Waals surface area contributed by atoms with E-state index in [-0.39, 0.29) is 17.2 Å². The van der Waals surface area contributed by atoms with Crippen molar-refractivity contribution >= 4 is 46.6 Å². The van der Waals surface area contributed by atoms with E-state index >= 15 is 0 Å². The monoisotopic (exact) mass is 404 g/mol. The smallest absolute Gasteiger partial charge is 0.242 e. The van der Waals surface area contributed by atoms with Crippen LogP contribution in [0, 0.1) is 0 Å². The molecule has 142 valence electrons. The number of alkyl halides is 1. The number of rotatable bonds is 6. The van der Waals surface area contributed by atoms with Gasteiger partial charge in [-0.15, -0.1) is 23.4 Å². The van der Waals surface area contributed by atoms with Gasteiger partial charge in [0, 0.05) is 5.69 Å². The summed E-state index contributed by atoms with van der Waals surface area (Å²) < 4.78 is 5.70. The van der Waals surface area contributed by atoms with E-state index < -0.39 is 5.38 Å². The van der Waals surface area contributed by atoms with E-state index in [9.17, 15) is 9.59 Å². The maximum atomic E-state index is 12.6. The molecule has 1 aliphatic rings. The van der Waals surface area contributed by atoms with Gasteiger partial charge in [0.1, 0.15) is 16.5 Å². The molecule has 2 aromatic rings. The van der Waals surface area contributed by atoms with Gasteiger partial charge < -0.3 is 10.1 Å². The Bertz CT molecular complexity index is 826. The Balaban J connectivity index is 1.85. The zero-order valence-electron chi connectivity index (χ0n) is 15.1. The number of nitrogens with zero attached hydrogens (tertiary/aromatic N) is 1. The summed E-state index contributed by atoms with van der Waals surface area (Å²) in [7, 11) is 0. The number of ether oxygens (including phenoxy) is 1. The van der Waals surface area contributed by atoms with Gasteiger partial charge in [0.05, 0.1) is 18.0 Å². The zero-order chi connectivity index (χ0) is 19.4. The van der Waals surface area contributed by atoms with Crippen LogP contribution in [0.15, 0.2) is 48.5 Å². The molecule has 0 aliphatic carbocycles. The highest BCUT2D eigenvalue weighted by molar-refractivity contribution is 8.00. The molecule has 5 nitrogen and oxygen atoms in total. The molecule has 0 radical (unpaired) electrons. The van der Waals surface area contributed by atoms with Gasteiger partial charge in [-0.1, -0.05) is 24.3 Å². The molecule has 1 saturated heterocycles. The molecule has 2 atom stereocenters. The maximum Gasteiger partial charge on any atom is 0.242 e. The van der Waals surface area contributed by atoms with Gasteiger partial charge in [0.25, 0.3) is 0 Å². The first kappa shape index (κ1) is 19.6. The van der Waals surface area contributed by atoms with Crippen LogP contribution < -0.4 is 15.0 Å². The maximum absolute atomic E-state index is 12.6. The molecule has 0 saturated carbocycles. The summed E-state index contributed by atoms with van der Waals surface area (Å²) in [6.45, 7) is 4.08. The molecule has 2 aromatic carbocycles. The molecule has 7 heteroatoms. The molecule has 1 aliphatic heterocycles. The second-order valence-electron chi connectivity index (χ2n) is 6.06. The molecule has 0 spiro atoms. The van der Waals surface area contributed by atoms with E-state index in [4.69, 9.17) is 16.3 Å². The minimum atomic E-state index is -0.599. The van der Waals surface area contributed by atoms with Crippen molar-refractivity contribution < 1.29 is 14.3 Å². The lowest BCUT2D eigenvalue weighted by atomic mass is 10.1. The van der Waals surface area contributed by atoms with E-state index in [0.717, 1.165) is 11.3 Å². The molecule has 1 fully saturated rings. The molecule has 2 amide bonds. The summed E-state index contributed by atoms with van der Waals surface area (Å²) in [5, 5.41) is 2.02. The van der Waals surface area contributed by atoms with E-state index in [1.54, 1.807) is 23.6 Å². The average Bonchev–Trinajstić information content (AvgIpc) is 3.04. The first-order valence-corrected chi connectivity index (χ1v) is 10.2. The van der Waals surface area contributed by atoms with Gasteiger partial charge in [-0.25, -0.2) is 0 Å². The largest absolute Gasteiger partial charge is 0.492 e. The number of hydrogen-bond acceptors (Lipinski definition) is 4. The van der Waals surface area contributed by atoms with Gasteiger partial charge in [-0.05, 0) is 43.7 Å². The molecule has 0 unspecified atom stereocenters. The van der Waals surface area contributed by atoms with Crippen molar-refractivity contribution in [2.45, 2.75) is 24.6 Å². The molecular weight excluding hydrogens is 384 g/mol. The van der Waals surface area contributed by atoms with Crippen LogP contribution in [-0.2, 0) is 9.59 Å². The van der Waals surface area contributed by atoms with Crippen molar-refractivity contribution in [2.75, 3.05) is 22.6 Å². The summed E-state index contributed by atoms with van der Waals surface area (Å²) in [4.78, 5) is 26.1. The number of para-hydroxylation sites is 2. The van der Waals surface area contributed by atoms with Gasteiger partial charge in [0.15, 0.2) is 0 Å². The van der Waals surface area contributed by atoms with Gasteiger partial charge in [-0.3, -0.25) is 14.5 Å². The van der Waals surface area contributed by atoms with Gasteiger partial charge >= 0.3 is 0 Å². The summed E-state index contributed by atoms with van der Waals surface area (Å²) in [6, 6.07) is 15.0. The highest BCUT2D eigenvalue weighted by atomic mass is 35.5. The number of carbonyl (C=O) groups excluding carboxylic acids is 2. The number of thioether (sulfide) groups is 1. The van der Waals surface area contributed by atoms with Crippen LogP contribution in [-0.4, -0.2) is 29.6 Å². The fourth-order valence-corrected chi connectivity index (χ4v) is 4.06. The number of halogens is 1. The van der Waals surface area contributed by atoms with Crippen molar-refractivity contribution in [3.63, 3.8) is 0 Å². The standard InChI is InChI=1S/C20H21ClN2O3S/c1-3-26-17-7-5-4-6-16(17)23-18(24)12-27-20(23)14-8-10-15(11-9-14)22-19(25)13(2)21/h4-11,13,20H,3,12H2,1-2H3,(H,22,25)/t13-,20+/m0/s1. The summed E-state index contributed by atoms with van der Waals surface area (Å²) in [5.41, 5.74) is 2.42. The van der Waals surface area contributed by atoms with Gasteiger partial charge in [-0.2, -0.15) is 0 Å². The Hall–Kier alpha value is -2.18. The van der Waals surface area contributed by atoms with E-state index in [0.29, 0.717) is 23.8 Å². The number of amides is 2. The Morgan fingerprint density at radius 2 is 2.00 bits per heavy atom. The van der Waals surface area contributed by atoms with Crippen LogP contribution >= 0.6 is 23.4 Å². The van der Waals surface area contributed by atoms with E-state index in [1.165, 1.54) is 0 Å². The van der Waals surface area contributed by atoms with E-state index in [2.05, 4.69) is 5.32 Å². The lowest BCUT2D eigenvalue weighted by molar-refractivity contribution is -0.116. The second-order valence-corrected chi connectivity index (χ2v) is 7.78. The van der Waals surface area contributed by atoms with Crippen LogP contribution in [0.3, 0.4) is 0 Å². The Morgan fingerprint density at radius 3 is 2.67 bits per heavy atom. The highest BCUT2D eigenvalue weighted by Gasteiger charge is 2.35. The van der Waals surface area contributed by atoms with Crippen LogP contribution in [0.25, 0.3) is 0 Å². The molecule has 0 aromatic heterocycles. The van der Waals surface area contributed by atoms with Crippen molar-refractivity contribution in [1.29, 1.82) is 0 Å². The third-order valence-corrected chi connectivity index (χ3v) is 5.53. The lowest BCUT2D eigenvalue weighted by Crippen LogP contribution is -2.28. The molecule has 3 rings (SSSR count). The number of hydrogen-bond donors (Lipinski definition) is 1. The lowest BCUT2D eigenvalue weighted by Gasteiger charge is -2.26. The number of nitrogens with one attached hydrogen (secondary N) is 1. The molecule has 1 N–H and O–H groups in total. The predicted octanol–water partition coefficient (Wildman–Crippen LogP) is 4.43. The summed E-state index contributed by atoms with van der Waals surface area (Å²) in [6.07, 6.45) is 0. The molecule has 27 heavy (non-hydrogen) atoms. The third-order valence-electron chi connectivity index (χ3n) is 4.12. The number of carbonyl (C=O) groups is 2. The van der Waals surface area contributed by atoms with Crippen LogP contribution in [0.5, 0.6) is 5.75 Å². The van der Waals surface area contributed by atoms with Crippen molar-refractivity contribution in [3.8, 4) is 5.75 Å². The Morgan fingerprint density at radius 1 is 1.30 bits per heavy atom. The third kappa shape index (κ3) is 4.39. The fourth-order valence-electron chi connectivity index (χ4n) is 2.84. The van der Waals surface area contributed by atoms with Crippen molar-refractivity contribution in [3.05, 3.63) is 54.1 Å². The predicted molar refractivity (Wildman–Crippen MR) is 111 cm³/mol.